The molecule has 0 bridgehead atoms. The van der Waals surface area contributed by atoms with E-state index in [9.17, 15) is 9.18 Å². The van der Waals surface area contributed by atoms with E-state index in [0.29, 0.717) is 0 Å². The first-order chi connectivity index (χ1) is 9.33. The van der Waals surface area contributed by atoms with Crippen LogP contribution in [0.15, 0.2) is 18.2 Å². The van der Waals surface area contributed by atoms with Gasteiger partial charge in [0.2, 0.25) is 0 Å². The number of ether oxygens (including phenoxy) is 1. The maximum atomic E-state index is 13.7. The van der Waals surface area contributed by atoms with E-state index in [1.54, 1.807) is 26.8 Å². The van der Waals surface area contributed by atoms with Crippen molar-refractivity contribution in [3.05, 3.63) is 35.1 Å². The van der Waals surface area contributed by atoms with E-state index >= 15 is 0 Å². The Hall–Kier alpha value is -2.06. The molecule has 0 radical (unpaired) electrons. The van der Waals surface area contributed by atoms with E-state index < -0.39 is 17.5 Å². The van der Waals surface area contributed by atoms with Crippen molar-refractivity contribution in [2.24, 2.45) is 0 Å². The molecule has 0 saturated heterocycles. The van der Waals surface area contributed by atoms with Gasteiger partial charge in [-0.2, -0.15) is 0 Å². The van der Waals surface area contributed by atoms with Gasteiger partial charge < -0.3 is 15.2 Å². The van der Waals surface area contributed by atoms with Crippen LogP contribution in [0.3, 0.4) is 0 Å². The van der Waals surface area contributed by atoms with E-state index in [2.05, 4.69) is 17.2 Å². The topological polar surface area (TPSA) is 58.6 Å². The van der Waals surface area contributed by atoms with E-state index in [0.717, 1.165) is 0 Å². The lowest BCUT2D eigenvalue weighted by atomic mass is 10.1. The molecule has 1 aromatic carbocycles. The molecular formula is C15H18FNO3. The maximum absolute atomic E-state index is 13.7. The number of halogens is 1. The summed E-state index contributed by atoms with van der Waals surface area (Å²) in [6.07, 6.45) is -0.573. The molecule has 1 rings (SSSR count). The Bertz CT molecular complexity index is 538. The summed E-state index contributed by atoms with van der Waals surface area (Å²) < 4.78 is 18.7. The fourth-order valence-electron chi connectivity index (χ4n) is 1.37. The molecule has 0 aliphatic carbocycles. The number of amides is 1. The third-order valence-electron chi connectivity index (χ3n) is 2.19. The van der Waals surface area contributed by atoms with Gasteiger partial charge in [0.05, 0.1) is 18.7 Å². The van der Waals surface area contributed by atoms with Crippen LogP contribution in [-0.4, -0.2) is 23.3 Å². The molecule has 0 aromatic heterocycles. The van der Waals surface area contributed by atoms with Crippen molar-refractivity contribution in [2.75, 3.05) is 6.54 Å². The lowest BCUT2D eigenvalue weighted by molar-refractivity contribution is 0.0535. The van der Waals surface area contributed by atoms with Crippen molar-refractivity contribution in [3.63, 3.8) is 0 Å². The fraction of sp³-hybridized carbons (Fsp3) is 0.400. The minimum Gasteiger partial charge on any atom is -0.444 e. The van der Waals surface area contributed by atoms with Gasteiger partial charge in [0.1, 0.15) is 11.4 Å². The zero-order valence-electron chi connectivity index (χ0n) is 11.8. The highest BCUT2D eigenvalue weighted by molar-refractivity contribution is 5.68. The molecule has 0 heterocycles. The monoisotopic (exact) mass is 279 g/mol. The molecule has 4 nitrogen and oxygen atoms in total. The van der Waals surface area contributed by atoms with Gasteiger partial charge in [-0.15, -0.1) is 0 Å². The van der Waals surface area contributed by atoms with Gasteiger partial charge in [-0.1, -0.05) is 24.0 Å². The number of carbonyl (C=O) groups is 1. The zero-order chi connectivity index (χ0) is 15.2. The van der Waals surface area contributed by atoms with Gasteiger partial charge in [0.25, 0.3) is 0 Å². The van der Waals surface area contributed by atoms with Gasteiger partial charge >= 0.3 is 6.09 Å². The Balaban J connectivity index is 2.58. The molecule has 5 heteroatoms. The Morgan fingerprint density at radius 2 is 2.15 bits per heavy atom. The van der Waals surface area contributed by atoms with Crippen LogP contribution >= 0.6 is 0 Å². The average molecular weight is 279 g/mol. The lowest BCUT2D eigenvalue weighted by Crippen LogP contribution is -2.32. The average Bonchev–Trinajstić information content (AvgIpc) is 2.34. The molecule has 108 valence electrons. The van der Waals surface area contributed by atoms with Gasteiger partial charge in [-0.05, 0) is 26.8 Å². The van der Waals surface area contributed by atoms with Crippen LogP contribution in [0.5, 0.6) is 0 Å². The number of nitrogens with one attached hydrogen (secondary N) is 1. The quantitative estimate of drug-likeness (QED) is 0.816. The lowest BCUT2D eigenvalue weighted by Gasteiger charge is -2.19. The normalized spacial score (nSPS) is 10.4. The van der Waals surface area contributed by atoms with Crippen LogP contribution in [-0.2, 0) is 11.3 Å². The first-order valence-electron chi connectivity index (χ1n) is 6.17. The smallest absolute Gasteiger partial charge is 0.408 e. The van der Waals surface area contributed by atoms with Crippen molar-refractivity contribution in [3.8, 4) is 11.8 Å². The second-order valence-electron chi connectivity index (χ2n) is 5.09. The Kier molecular flexibility index (Phi) is 5.53. The summed E-state index contributed by atoms with van der Waals surface area (Å²) in [5, 5.41) is 11.4. The molecule has 0 aliphatic heterocycles. The molecule has 0 unspecified atom stereocenters. The van der Waals surface area contributed by atoms with E-state index in [1.165, 1.54) is 12.1 Å². The number of alkyl carbamates (subject to hydrolysis) is 1. The standard InChI is InChI=1S/C15H18FNO3/c1-15(2,3)20-14(19)17-9-5-8-11-6-4-7-12(10-18)13(11)16/h4,6-7,18H,9-10H2,1-3H3,(H,17,19). The number of hydrogen-bond donors (Lipinski definition) is 2. The molecular weight excluding hydrogens is 261 g/mol. The maximum Gasteiger partial charge on any atom is 0.408 e. The molecule has 0 spiro atoms. The highest BCUT2D eigenvalue weighted by Crippen LogP contribution is 2.11. The third kappa shape index (κ3) is 5.29. The number of rotatable bonds is 2. The number of carbonyl (C=O) groups excluding carboxylic acids is 1. The second kappa shape index (κ2) is 6.92. The van der Waals surface area contributed by atoms with Crippen molar-refractivity contribution >= 4 is 6.09 Å². The van der Waals surface area contributed by atoms with E-state index in [4.69, 9.17) is 9.84 Å². The second-order valence-corrected chi connectivity index (χ2v) is 5.09. The molecule has 0 aliphatic rings. The third-order valence-corrected chi connectivity index (χ3v) is 2.19. The van der Waals surface area contributed by atoms with E-state index in [-0.39, 0.29) is 24.3 Å². The molecule has 0 fully saturated rings. The first-order valence-corrected chi connectivity index (χ1v) is 6.17. The highest BCUT2D eigenvalue weighted by Gasteiger charge is 2.15. The predicted octanol–water partition coefficient (Wildman–Crippen LogP) is 2.19. The highest BCUT2D eigenvalue weighted by atomic mass is 19.1. The zero-order valence-corrected chi connectivity index (χ0v) is 11.8. The summed E-state index contributed by atoms with van der Waals surface area (Å²) in [7, 11) is 0. The van der Waals surface area contributed by atoms with Gasteiger partial charge in [0.15, 0.2) is 0 Å². The number of hydrogen-bond acceptors (Lipinski definition) is 3. The fourth-order valence-corrected chi connectivity index (χ4v) is 1.37. The van der Waals surface area contributed by atoms with Crippen molar-refractivity contribution in [2.45, 2.75) is 33.0 Å². The summed E-state index contributed by atoms with van der Waals surface area (Å²) in [5.74, 6) is 4.68. The first kappa shape index (κ1) is 16.0. The number of aliphatic hydroxyl groups excluding tert-OH is 1. The minimum absolute atomic E-state index is 0.0533. The summed E-state index contributed by atoms with van der Waals surface area (Å²) in [4.78, 5) is 11.3. The van der Waals surface area contributed by atoms with E-state index in [1.807, 2.05) is 0 Å². The van der Waals surface area contributed by atoms with Crippen molar-refractivity contribution in [1.29, 1.82) is 0 Å². The predicted molar refractivity (Wildman–Crippen MR) is 73.4 cm³/mol. The SMILES string of the molecule is CC(C)(C)OC(=O)NCC#Cc1cccc(CO)c1F. The van der Waals surface area contributed by atoms with Crippen LogP contribution in [0.25, 0.3) is 0 Å². The van der Waals surface area contributed by atoms with Crippen LogP contribution in [0, 0.1) is 17.7 Å². The Labute approximate surface area is 117 Å². The van der Waals surface area contributed by atoms with Crippen molar-refractivity contribution in [1.82, 2.24) is 5.32 Å². The van der Waals surface area contributed by atoms with Crippen LogP contribution in [0.2, 0.25) is 0 Å². The molecule has 1 aromatic rings. The molecule has 0 atom stereocenters. The molecule has 0 saturated carbocycles. The van der Waals surface area contributed by atoms with Crippen LogP contribution < -0.4 is 5.32 Å². The largest absolute Gasteiger partial charge is 0.444 e. The summed E-state index contributed by atoms with van der Waals surface area (Å²) >= 11 is 0. The molecule has 20 heavy (non-hydrogen) atoms. The molecule has 1 amide bonds. The van der Waals surface area contributed by atoms with Gasteiger partial charge in [-0.3, -0.25) is 0 Å². The summed E-state index contributed by atoms with van der Waals surface area (Å²) in [5.41, 5.74) is -0.196. The van der Waals surface area contributed by atoms with Crippen LogP contribution in [0.4, 0.5) is 9.18 Å². The van der Waals surface area contributed by atoms with Gasteiger partial charge in [-0.25, -0.2) is 9.18 Å². The summed E-state index contributed by atoms with van der Waals surface area (Å²) in [6.45, 7) is 4.95. The summed E-state index contributed by atoms with van der Waals surface area (Å²) in [6, 6.07) is 4.61. The van der Waals surface area contributed by atoms with Crippen LogP contribution in [0.1, 0.15) is 31.9 Å². The number of benzene rings is 1. The minimum atomic E-state index is -0.573. The Morgan fingerprint density at radius 3 is 2.75 bits per heavy atom. The van der Waals surface area contributed by atoms with Crippen molar-refractivity contribution < 1.29 is 19.0 Å². The number of aliphatic hydroxyl groups is 1. The molecule has 2 N–H and O–H groups in total. The van der Waals surface area contributed by atoms with Gasteiger partial charge in [0, 0.05) is 5.56 Å². The Morgan fingerprint density at radius 1 is 1.45 bits per heavy atom.